The summed E-state index contributed by atoms with van der Waals surface area (Å²) in [5.41, 5.74) is 0. The number of halogens is 2. The summed E-state index contributed by atoms with van der Waals surface area (Å²) in [6, 6.07) is 0.174. The van der Waals surface area contributed by atoms with E-state index in [9.17, 15) is 4.57 Å². The Morgan fingerprint density at radius 2 is 1.94 bits per heavy atom. The van der Waals surface area contributed by atoms with Gasteiger partial charge in [-0.05, 0) is 12.8 Å². The van der Waals surface area contributed by atoms with Gasteiger partial charge in [0.25, 0.3) is 0 Å². The number of alkyl halides is 2. The molecule has 0 saturated carbocycles. The van der Waals surface area contributed by atoms with Gasteiger partial charge in [-0.25, -0.2) is 9.76 Å². The maximum atomic E-state index is 12.5. The largest absolute Gasteiger partial charge is 0.343 e. The molecule has 7 heteroatoms. The maximum Gasteiger partial charge on any atom is 0.343 e. The Morgan fingerprint density at radius 3 is 2.38 bits per heavy atom. The predicted molar refractivity (Wildman–Crippen MR) is 68.3 cm³/mol. The van der Waals surface area contributed by atoms with E-state index < -0.39 is 7.67 Å². The SMILES string of the molecule is CC1COP(=O)(N(CCCl)CCCl)NC1C. The summed E-state index contributed by atoms with van der Waals surface area (Å²) in [5, 5.41) is 3.05. The van der Waals surface area contributed by atoms with Crippen molar-refractivity contribution < 1.29 is 9.09 Å². The van der Waals surface area contributed by atoms with E-state index >= 15 is 0 Å². The number of hydrogen-bond donors (Lipinski definition) is 1. The van der Waals surface area contributed by atoms with Crippen molar-refractivity contribution in [2.45, 2.75) is 19.9 Å². The molecule has 1 saturated heterocycles. The zero-order valence-electron chi connectivity index (χ0n) is 9.66. The van der Waals surface area contributed by atoms with Gasteiger partial charge in [-0.15, -0.1) is 23.2 Å². The lowest BCUT2D eigenvalue weighted by atomic mass is 10.1. The molecule has 1 heterocycles. The summed E-state index contributed by atoms with van der Waals surface area (Å²) in [6.07, 6.45) is 0. The number of rotatable bonds is 5. The van der Waals surface area contributed by atoms with Gasteiger partial charge >= 0.3 is 7.67 Å². The van der Waals surface area contributed by atoms with Crippen LogP contribution < -0.4 is 5.09 Å². The molecule has 0 bridgehead atoms. The molecule has 16 heavy (non-hydrogen) atoms. The molecular formula is C9H19Cl2N2O2P. The zero-order chi connectivity index (χ0) is 12.2. The fraction of sp³-hybridized carbons (Fsp3) is 1.00. The third-order valence-electron chi connectivity index (χ3n) is 2.79. The van der Waals surface area contributed by atoms with Crippen molar-refractivity contribution in [3.05, 3.63) is 0 Å². The van der Waals surface area contributed by atoms with Crippen LogP contribution in [0.4, 0.5) is 0 Å². The van der Waals surface area contributed by atoms with Crippen LogP contribution in [0.2, 0.25) is 0 Å². The zero-order valence-corrected chi connectivity index (χ0v) is 12.1. The lowest BCUT2D eigenvalue weighted by molar-refractivity contribution is 0.169. The monoisotopic (exact) mass is 288 g/mol. The highest BCUT2D eigenvalue weighted by Crippen LogP contribution is 2.50. The molecule has 0 radical (unpaired) electrons. The molecule has 1 fully saturated rings. The third kappa shape index (κ3) is 3.59. The van der Waals surface area contributed by atoms with E-state index in [2.05, 4.69) is 12.0 Å². The second-order valence-corrected chi connectivity index (χ2v) is 6.92. The smallest absolute Gasteiger partial charge is 0.306 e. The summed E-state index contributed by atoms with van der Waals surface area (Å²) >= 11 is 11.4. The van der Waals surface area contributed by atoms with Crippen molar-refractivity contribution >= 4 is 30.9 Å². The van der Waals surface area contributed by atoms with E-state index in [1.165, 1.54) is 0 Å². The average molecular weight is 289 g/mol. The Morgan fingerprint density at radius 1 is 1.38 bits per heavy atom. The summed E-state index contributed by atoms with van der Waals surface area (Å²) in [5.74, 6) is 1.18. The van der Waals surface area contributed by atoms with Crippen LogP contribution in [0.15, 0.2) is 0 Å². The van der Waals surface area contributed by atoms with Gasteiger partial charge in [-0.2, -0.15) is 0 Å². The van der Waals surface area contributed by atoms with Crippen LogP contribution in [0.1, 0.15) is 13.8 Å². The van der Waals surface area contributed by atoms with Crippen LogP contribution in [0.5, 0.6) is 0 Å². The number of nitrogens with zero attached hydrogens (tertiary/aromatic N) is 1. The van der Waals surface area contributed by atoms with E-state index in [0.717, 1.165) is 0 Å². The second-order valence-electron chi connectivity index (χ2n) is 4.04. The van der Waals surface area contributed by atoms with Crippen LogP contribution in [0.25, 0.3) is 0 Å². The summed E-state index contributed by atoms with van der Waals surface area (Å²) in [6.45, 7) is 5.61. The Bertz CT molecular complexity index is 262. The standard InChI is InChI=1S/C9H19Cl2N2O2P/c1-8-7-15-16(14,12-9(8)2)13(5-3-10)6-4-11/h8-9H,3-7H2,1-2H3,(H,12,14). The lowest BCUT2D eigenvalue weighted by Gasteiger charge is -2.38. The molecule has 4 nitrogen and oxygen atoms in total. The van der Waals surface area contributed by atoms with E-state index in [1.54, 1.807) is 4.67 Å². The lowest BCUT2D eigenvalue weighted by Crippen LogP contribution is -2.44. The normalized spacial score (nSPS) is 35.6. The molecule has 3 atom stereocenters. The fourth-order valence-corrected chi connectivity index (χ4v) is 4.50. The van der Waals surface area contributed by atoms with E-state index in [-0.39, 0.29) is 6.04 Å². The van der Waals surface area contributed by atoms with E-state index in [4.69, 9.17) is 27.7 Å². The van der Waals surface area contributed by atoms with Gasteiger partial charge in [-0.1, -0.05) is 6.92 Å². The topological polar surface area (TPSA) is 41.6 Å². The van der Waals surface area contributed by atoms with Crippen molar-refractivity contribution in [1.82, 2.24) is 9.76 Å². The van der Waals surface area contributed by atoms with Crippen LogP contribution >= 0.6 is 30.9 Å². The van der Waals surface area contributed by atoms with Crippen LogP contribution in [-0.4, -0.2) is 42.2 Å². The third-order valence-corrected chi connectivity index (χ3v) is 5.51. The Hall–Kier alpha value is 0.690. The first kappa shape index (κ1) is 14.7. The molecular weight excluding hydrogens is 270 g/mol. The minimum absolute atomic E-state index is 0.174. The molecule has 1 aliphatic rings. The van der Waals surface area contributed by atoms with Crippen molar-refractivity contribution in [3.63, 3.8) is 0 Å². The summed E-state index contributed by atoms with van der Waals surface area (Å²) in [4.78, 5) is 0. The van der Waals surface area contributed by atoms with Gasteiger partial charge in [-0.3, -0.25) is 4.57 Å². The molecule has 0 aromatic rings. The van der Waals surface area contributed by atoms with Crippen molar-refractivity contribution in [2.24, 2.45) is 5.92 Å². The fourth-order valence-electron chi connectivity index (χ4n) is 1.52. The molecule has 1 N–H and O–H groups in total. The first-order chi connectivity index (χ1) is 7.53. The Balaban J connectivity index is 2.70. The molecule has 0 spiro atoms. The van der Waals surface area contributed by atoms with Crippen LogP contribution in [0, 0.1) is 5.92 Å². The van der Waals surface area contributed by atoms with Crippen LogP contribution in [0.3, 0.4) is 0 Å². The molecule has 0 aromatic carbocycles. The van der Waals surface area contributed by atoms with E-state index in [1.807, 2.05) is 6.92 Å². The van der Waals surface area contributed by atoms with Gasteiger partial charge < -0.3 is 4.52 Å². The van der Waals surface area contributed by atoms with Gasteiger partial charge in [0.1, 0.15) is 0 Å². The molecule has 96 valence electrons. The van der Waals surface area contributed by atoms with Gasteiger partial charge in [0.05, 0.1) is 6.61 Å². The molecule has 1 aliphatic heterocycles. The number of nitrogens with one attached hydrogen (secondary N) is 1. The average Bonchev–Trinajstić information content (AvgIpc) is 2.24. The van der Waals surface area contributed by atoms with Crippen molar-refractivity contribution in [3.8, 4) is 0 Å². The first-order valence-electron chi connectivity index (χ1n) is 5.43. The molecule has 0 amide bonds. The molecule has 1 rings (SSSR count). The minimum atomic E-state index is -2.94. The van der Waals surface area contributed by atoms with E-state index in [0.29, 0.717) is 37.4 Å². The van der Waals surface area contributed by atoms with Gasteiger partial charge in [0, 0.05) is 30.9 Å². The Labute approximate surface area is 107 Å². The molecule has 3 unspecified atom stereocenters. The Kier molecular flexibility index (Phi) is 6.06. The predicted octanol–water partition coefficient (Wildman–Crippen LogP) is 2.52. The maximum absolute atomic E-state index is 12.5. The summed E-state index contributed by atoms with van der Waals surface area (Å²) in [7, 11) is -2.94. The second kappa shape index (κ2) is 6.58. The molecule has 0 aromatic heterocycles. The minimum Gasteiger partial charge on any atom is -0.306 e. The van der Waals surface area contributed by atoms with Gasteiger partial charge in [0.15, 0.2) is 0 Å². The van der Waals surface area contributed by atoms with Crippen molar-refractivity contribution in [2.75, 3.05) is 31.5 Å². The highest BCUT2D eigenvalue weighted by Gasteiger charge is 2.38. The number of hydrogen-bond acceptors (Lipinski definition) is 2. The molecule has 0 aliphatic carbocycles. The highest BCUT2D eigenvalue weighted by atomic mass is 35.5. The highest BCUT2D eigenvalue weighted by molar-refractivity contribution is 7.54. The quantitative estimate of drug-likeness (QED) is 0.624. The van der Waals surface area contributed by atoms with Crippen LogP contribution in [-0.2, 0) is 9.09 Å². The first-order valence-corrected chi connectivity index (χ1v) is 8.08. The van der Waals surface area contributed by atoms with Gasteiger partial charge in [0.2, 0.25) is 0 Å². The van der Waals surface area contributed by atoms with Crippen molar-refractivity contribution in [1.29, 1.82) is 0 Å². The summed E-state index contributed by atoms with van der Waals surface area (Å²) < 4.78 is 19.7.